The molecule has 7 heteroatoms. The van der Waals surface area contributed by atoms with Crippen LogP contribution < -0.4 is 5.73 Å². The Balaban J connectivity index is 2.94. The zero-order valence-electron chi connectivity index (χ0n) is 11.3. The number of nitrogens with zero attached hydrogens (tertiary/aromatic N) is 2. The lowest BCUT2D eigenvalue weighted by molar-refractivity contribution is 0.0710. The summed E-state index contributed by atoms with van der Waals surface area (Å²) in [7, 11) is 0. The van der Waals surface area contributed by atoms with Gasteiger partial charge in [0, 0.05) is 23.5 Å². The van der Waals surface area contributed by atoms with E-state index in [2.05, 4.69) is 21.1 Å². The summed E-state index contributed by atoms with van der Waals surface area (Å²) >= 11 is 3.18. The number of hydrogen-bond donors (Lipinski definition) is 2. The Bertz CT molecular complexity index is 520. The van der Waals surface area contributed by atoms with E-state index in [1.807, 2.05) is 13.8 Å². The molecule has 0 fully saturated rings. The van der Waals surface area contributed by atoms with Gasteiger partial charge in [0.2, 0.25) is 0 Å². The maximum atomic E-state index is 13.1. The summed E-state index contributed by atoms with van der Waals surface area (Å²) in [4.78, 5) is 14.0. The normalized spacial score (nSPS) is 11.8. The average molecular weight is 346 g/mol. The van der Waals surface area contributed by atoms with Gasteiger partial charge in [-0.1, -0.05) is 5.16 Å². The predicted molar refractivity (Wildman–Crippen MR) is 78.3 cm³/mol. The quantitative estimate of drug-likeness (QED) is 0.372. The highest BCUT2D eigenvalue weighted by Gasteiger charge is 2.21. The van der Waals surface area contributed by atoms with E-state index in [9.17, 15) is 9.18 Å². The first-order chi connectivity index (χ1) is 9.36. The lowest BCUT2D eigenvalue weighted by Gasteiger charge is -2.27. The SMILES string of the molecule is CC(C)N(CCC(N)=NO)C(=O)c1ccc(F)cc1Br. The van der Waals surface area contributed by atoms with Crippen molar-refractivity contribution in [1.82, 2.24) is 4.90 Å². The van der Waals surface area contributed by atoms with Crippen LogP contribution in [0, 0.1) is 5.82 Å². The lowest BCUT2D eigenvalue weighted by atomic mass is 10.1. The van der Waals surface area contributed by atoms with E-state index in [1.54, 1.807) is 4.90 Å². The van der Waals surface area contributed by atoms with Crippen LogP contribution in [0.2, 0.25) is 0 Å². The zero-order chi connectivity index (χ0) is 15.3. The smallest absolute Gasteiger partial charge is 0.255 e. The van der Waals surface area contributed by atoms with E-state index < -0.39 is 5.82 Å². The Morgan fingerprint density at radius 3 is 2.70 bits per heavy atom. The third-order valence-electron chi connectivity index (χ3n) is 2.78. The van der Waals surface area contributed by atoms with Gasteiger partial charge in [-0.25, -0.2) is 4.39 Å². The molecule has 0 spiro atoms. The standard InChI is InChI=1S/C13H17BrFN3O2/c1-8(2)18(6-5-12(16)17-20)13(19)10-4-3-9(15)7-11(10)14/h3-4,7-8,20H,5-6H2,1-2H3,(H2,16,17). The molecule has 0 saturated heterocycles. The fourth-order valence-electron chi connectivity index (χ4n) is 1.70. The highest BCUT2D eigenvalue weighted by molar-refractivity contribution is 9.10. The van der Waals surface area contributed by atoms with Crippen LogP contribution in [0.15, 0.2) is 27.8 Å². The summed E-state index contributed by atoms with van der Waals surface area (Å²) in [5.41, 5.74) is 5.79. The minimum absolute atomic E-state index is 0.0571. The van der Waals surface area contributed by atoms with Gasteiger partial charge in [-0.2, -0.15) is 0 Å². The number of carbonyl (C=O) groups is 1. The van der Waals surface area contributed by atoms with E-state index in [0.29, 0.717) is 16.6 Å². The van der Waals surface area contributed by atoms with Gasteiger partial charge in [0.15, 0.2) is 0 Å². The molecular weight excluding hydrogens is 329 g/mol. The van der Waals surface area contributed by atoms with Gasteiger partial charge < -0.3 is 15.8 Å². The largest absolute Gasteiger partial charge is 0.409 e. The Hall–Kier alpha value is -1.63. The second-order valence-corrected chi connectivity index (χ2v) is 5.41. The number of amides is 1. The van der Waals surface area contributed by atoms with E-state index in [4.69, 9.17) is 10.9 Å². The number of nitrogens with two attached hydrogens (primary N) is 1. The fraction of sp³-hybridized carbons (Fsp3) is 0.385. The van der Waals surface area contributed by atoms with Crippen LogP contribution in [-0.2, 0) is 0 Å². The summed E-state index contributed by atoms with van der Waals surface area (Å²) in [5.74, 6) is -0.597. The molecule has 0 aliphatic rings. The number of halogens is 2. The second-order valence-electron chi connectivity index (χ2n) is 4.56. The molecule has 1 amide bonds. The molecule has 0 saturated carbocycles. The molecule has 1 aromatic carbocycles. The molecule has 0 atom stereocenters. The number of amidine groups is 1. The van der Waals surface area contributed by atoms with Gasteiger partial charge in [-0.05, 0) is 48.0 Å². The Labute approximate surface area is 125 Å². The van der Waals surface area contributed by atoms with Crippen molar-refractivity contribution >= 4 is 27.7 Å². The first-order valence-corrected chi connectivity index (χ1v) is 6.88. The molecule has 3 N–H and O–H groups in total. The minimum Gasteiger partial charge on any atom is -0.409 e. The van der Waals surface area contributed by atoms with E-state index >= 15 is 0 Å². The molecule has 0 unspecified atom stereocenters. The molecule has 110 valence electrons. The fourth-order valence-corrected chi connectivity index (χ4v) is 2.22. The van der Waals surface area contributed by atoms with Crippen molar-refractivity contribution in [3.63, 3.8) is 0 Å². The maximum Gasteiger partial charge on any atom is 0.255 e. The van der Waals surface area contributed by atoms with Crippen molar-refractivity contribution in [2.45, 2.75) is 26.3 Å². The number of carbonyl (C=O) groups excluding carboxylic acids is 1. The summed E-state index contributed by atoms with van der Waals surface area (Å²) < 4.78 is 13.5. The molecule has 0 aliphatic heterocycles. The van der Waals surface area contributed by atoms with Crippen LogP contribution >= 0.6 is 15.9 Å². The van der Waals surface area contributed by atoms with E-state index in [1.165, 1.54) is 18.2 Å². The van der Waals surface area contributed by atoms with Crippen LogP contribution in [-0.4, -0.2) is 34.4 Å². The first-order valence-electron chi connectivity index (χ1n) is 6.09. The van der Waals surface area contributed by atoms with Gasteiger partial charge in [0.05, 0.1) is 5.56 Å². The van der Waals surface area contributed by atoms with Gasteiger partial charge in [0.25, 0.3) is 5.91 Å². The predicted octanol–water partition coefficient (Wildman–Crippen LogP) is 2.58. The topological polar surface area (TPSA) is 78.9 Å². The van der Waals surface area contributed by atoms with Crippen molar-refractivity contribution in [1.29, 1.82) is 0 Å². The van der Waals surface area contributed by atoms with Crippen molar-refractivity contribution in [2.24, 2.45) is 10.9 Å². The summed E-state index contributed by atoms with van der Waals surface area (Å²) in [6.45, 7) is 4.04. The molecule has 0 aliphatic carbocycles. The molecule has 1 aromatic rings. The van der Waals surface area contributed by atoms with Gasteiger partial charge in [-0.3, -0.25) is 4.79 Å². The second kappa shape index (κ2) is 7.23. The Morgan fingerprint density at radius 1 is 1.55 bits per heavy atom. The highest BCUT2D eigenvalue weighted by atomic mass is 79.9. The van der Waals surface area contributed by atoms with Crippen molar-refractivity contribution in [3.05, 3.63) is 34.1 Å². The summed E-state index contributed by atoms with van der Waals surface area (Å²) in [5, 5.41) is 11.4. The number of benzene rings is 1. The van der Waals surface area contributed by atoms with Crippen LogP contribution in [0.25, 0.3) is 0 Å². The monoisotopic (exact) mass is 345 g/mol. The number of rotatable bonds is 5. The highest BCUT2D eigenvalue weighted by Crippen LogP contribution is 2.20. The molecular formula is C13H17BrFN3O2. The van der Waals surface area contributed by atoms with Gasteiger partial charge in [0.1, 0.15) is 11.7 Å². The van der Waals surface area contributed by atoms with Crippen LogP contribution in [0.1, 0.15) is 30.6 Å². The minimum atomic E-state index is -0.416. The average Bonchev–Trinajstić information content (AvgIpc) is 2.37. The summed E-state index contributed by atoms with van der Waals surface area (Å²) in [6, 6.07) is 3.85. The molecule has 20 heavy (non-hydrogen) atoms. The molecule has 0 radical (unpaired) electrons. The third kappa shape index (κ3) is 4.19. The third-order valence-corrected chi connectivity index (χ3v) is 3.44. The Morgan fingerprint density at radius 2 is 2.20 bits per heavy atom. The van der Waals surface area contributed by atoms with Gasteiger partial charge in [-0.15, -0.1) is 0 Å². The lowest BCUT2D eigenvalue weighted by Crippen LogP contribution is -2.39. The maximum absolute atomic E-state index is 13.1. The van der Waals surface area contributed by atoms with Crippen LogP contribution in [0.4, 0.5) is 4.39 Å². The molecule has 0 bridgehead atoms. The molecule has 0 aromatic heterocycles. The van der Waals surface area contributed by atoms with Crippen molar-refractivity contribution in [3.8, 4) is 0 Å². The molecule has 0 heterocycles. The molecule has 5 nitrogen and oxygen atoms in total. The number of oxime groups is 1. The summed E-state index contributed by atoms with van der Waals surface area (Å²) in [6.07, 6.45) is 0.263. The number of hydrogen-bond acceptors (Lipinski definition) is 3. The van der Waals surface area contributed by atoms with Crippen molar-refractivity contribution < 1.29 is 14.4 Å². The van der Waals surface area contributed by atoms with E-state index in [-0.39, 0.29) is 24.2 Å². The zero-order valence-corrected chi connectivity index (χ0v) is 12.9. The van der Waals surface area contributed by atoms with Crippen LogP contribution in [0.5, 0.6) is 0 Å². The van der Waals surface area contributed by atoms with Gasteiger partial charge >= 0.3 is 0 Å². The molecule has 1 rings (SSSR count). The van der Waals surface area contributed by atoms with Crippen LogP contribution in [0.3, 0.4) is 0 Å². The van der Waals surface area contributed by atoms with E-state index in [0.717, 1.165) is 0 Å². The van der Waals surface area contributed by atoms with Crippen molar-refractivity contribution in [2.75, 3.05) is 6.54 Å². The Kier molecular flexibility index (Phi) is 5.94. The first kappa shape index (κ1) is 16.4.